The number of nitrogens with one attached hydrogen (secondary N) is 1. The van der Waals surface area contributed by atoms with E-state index in [2.05, 4.69) is 23.8 Å². The third-order valence-electron chi connectivity index (χ3n) is 4.24. The Balaban J connectivity index is 2.25. The summed E-state index contributed by atoms with van der Waals surface area (Å²) in [7, 11) is 1.37. The molecule has 21 heavy (non-hydrogen) atoms. The Bertz CT molecular complexity index is 705. The number of rotatable bonds is 2. The van der Waals surface area contributed by atoms with Gasteiger partial charge in [0.2, 0.25) is 0 Å². The summed E-state index contributed by atoms with van der Waals surface area (Å²) in [5.74, 6) is 0.566. The molecule has 0 aliphatic carbocycles. The number of ether oxygens (including phenoxy) is 2. The predicted octanol–water partition coefficient (Wildman–Crippen LogP) is 3.13. The van der Waals surface area contributed by atoms with E-state index < -0.39 is 5.60 Å². The van der Waals surface area contributed by atoms with E-state index in [1.807, 2.05) is 19.1 Å². The Kier molecular flexibility index (Phi) is 3.01. The van der Waals surface area contributed by atoms with Crippen LogP contribution in [0.15, 0.2) is 24.5 Å². The number of carbonyl (C=O) groups excluding carboxylic acids is 1. The maximum atomic E-state index is 11.8. The van der Waals surface area contributed by atoms with Crippen LogP contribution in [0.3, 0.4) is 0 Å². The van der Waals surface area contributed by atoms with Crippen LogP contribution in [0.4, 0.5) is 0 Å². The minimum absolute atomic E-state index is 0.228. The van der Waals surface area contributed by atoms with Crippen molar-refractivity contribution in [1.82, 2.24) is 9.97 Å². The Labute approximate surface area is 123 Å². The summed E-state index contributed by atoms with van der Waals surface area (Å²) < 4.78 is 11.0. The molecule has 5 nitrogen and oxygen atoms in total. The van der Waals surface area contributed by atoms with Crippen molar-refractivity contribution in [2.24, 2.45) is 5.92 Å². The zero-order valence-electron chi connectivity index (χ0n) is 12.6. The third-order valence-corrected chi connectivity index (χ3v) is 4.24. The molecule has 3 heterocycles. The van der Waals surface area contributed by atoms with E-state index in [0.717, 1.165) is 22.6 Å². The highest BCUT2D eigenvalue weighted by Crippen LogP contribution is 2.47. The minimum atomic E-state index is -0.520. The fourth-order valence-corrected chi connectivity index (χ4v) is 2.66. The number of nitrogens with zero attached hydrogens (tertiary/aromatic N) is 1. The van der Waals surface area contributed by atoms with Crippen molar-refractivity contribution in [1.29, 1.82) is 0 Å². The molecule has 0 amide bonds. The van der Waals surface area contributed by atoms with Gasteiger partial charge < -0.3 is 14.5 Å². The Morgan fingerprint density at radius 2 is 2.24 bits per heavy atom. The van der Waals surface area contributed by atoms with Gasteiger partial charge in [-0.2, -0.15) is 0 Å². The summed E-state index contributed by atoms with van der Waals surface area (Å²) in [4.78, 5) is 19.1. The summed E-state index contributed by atoms with van der Waals surface area (Å²) in [6.45, 7) is 6.22. The highest BCUT2D eigenvalue weighted by Gasteiger charge is 2.41. The van der Waals surface area contributed by atoms with Crippen molar-refractivity contribution < 1.29 is 14.3 Å². The Hall–Kier alpha value is -2.30. The first-order chi connectivity index (χ1) is 9.97. The number of carbonyl (C=O) groups is 1. The van der Waals surface area contributed by atoms with Crippen LogP contribution < -0.4 is 4.74 Å². The summed E-state index contributed by atoms with van der Waals surface area (Å²) in [5, 5.41) is 0. The molecular weight excluding hydrogens is 268 g/mol. The summed E-state index contributed by atoms with van der Waals surface area (Å²) in [5.41, 5.74) is 2.69. The maximum absolute atomic E-state index is 11.8. The first-order valence-electron chi connectivity index (χ1n) is 6.92. The average molecular weight is 286 g/mol. The second-order valence-corrected chi connectivity index (χ2v) is 5.70. The first kappa shape index (κ1) is 13.7. The first-order valence-corrected chi connectivity index (χ1v) is 6.92. The fourth-order valence-electron chi connectivity index (χ4n) is 2.66. The van der Waals surface area contributed by atoms with E-state index in [1.54, 1.807) is 12.4 Å². The van der Waals surface area contributed by atoms with Crippen LogP contribution in [-0.2, 0) is 10.3 Å². The third kappa shape index (κ3) is 1.92. The van der Waals surface area contributed by atoms with Gasteiger partial charge in [0.1, 0.15) is 17.0 Å². The molecule has 3 rings (SSSR count). The van der Waals surface area contributed by atoms with Crippen LogP contribution in [0.1, 0.15) is 36.8 Å². The summed E-state index contributed by atoms with van der Waals surface area (Å²) in [6, 6.07) is 3.70. The molecule has 2 aromatic rings. The van der Waals surface area contributed by atoms with E-state index in [9.17, 15) is 4.79 Å². The lowest BCUT2D eigenvalue weighted by molar-refractivity contribution is 0.0343. The molecule has 1 unspecified atom stereocenters. The smallest absolute Gasteiger partial charge is 0.354 e. The van der Waals surface area contributed by atoms with Gasteiger partial charge in [0.05, 0.1) is 19.0 Å². The van der Waals surface area contributed by atoms with Crippen molar-refractivity contribution in [2.45, 2.75) is 26.4 Å². The second kappa shape index (κ2) is 4.62. The molecular formula is C16H18N2O3. The van der Waals surface area contributed by atoms with E-state index in [4.69, 9.17) is 9.47 Å². The van der Waals surface area contributed by atoms with Gasteiger partial charge >= 0.3 is 5.97 Å². The molecule has 0 saturated carbocycles. The molecule has 0 fully saturated rings. The number of fused-ring (bicyclic) bond motifs is 3. The lowest BCUT2D eigenvalue weighted by Crippen LogP contribution is -2.37. The second-order valence-electron chi connectivity index (χ2n) is 5.70. The molecule has 1 N–H and O–H groups in total. The molecule has 110 valence electrons. The van der Waals surface area contributed by atoms with Crippen molar-refractivity contribution >= 4 is 5.97 Å². The molecule has 0 saturated heterocycles. The molecule has 0 radical (unpaired) electrons. The number of pyridine rings is 1. The monoisotopic (exact) mass is 286 g/mol. The van der Waals surface area contributed by atoms with Gasteiger partial charge in [0.25, 0.3) is 0 Å². The summed E-state index contributed by atoms with van der Waals surface area (Å²) >= 11 is 0. The minimum Gasteiger partial charge on any atom is -0.480 e. The quantitative estimate of drug-likeness (QED) is 0.861. The number of aromatic amines is 1. The van der Waals surface area contributed by atoms with Crippen LogP contribution in [-0.4, -0.2) is 23.0 Å². The van der Waals surface area contributed by atoms with Crippen molar-refractivity contribution in [3.63, 3.8) is 0 Å². The molecule has 5 heteroatoms. The van der Waals surface area contributed by atoms with Crippen LogP contribution in [0.5, 0.6) is 5.75 Å². The fraction of sp³-hybridized carbons (Fsp3) is 0.375. The van der Waals surface area contributed by atoms with Crippen LogP contribution in [0, 0.1) is 5.92 Å². The average Bonchev–Trinajstić information content (AvgIpc) is 2.92. The zero-order chi connectivity index (χ0) is 15.2. The van der Waals surface area contributed by atoms with Crippen LogP contribution >= 0.6 is 0 Å². The zero-order valence-corrected chi connectivity index (χ0v) is 12.6. The number of hydrogen-bond acceptors (Lipinski definition) is 4. The van der Waals surface area contributed by atoms with Crippen LogP contribution in [0.25, 0.3) is 11.3 Å². The highest BCUT2D eigenvalue weighted by atomic mass is 16.5. The standard InChI is InChI=1S/C16H18N2O3/c1-9(2)16(3)11-7-12(15(19)20-4)18-14(11)10-5-6-17-8-13(10)21-16/h5-9,18H,1-4H3. The maximum Gasteiger partial charge on any atom is 0.354 e. The van der Waals surface area contributed by atoms with Crippen LogP contribution in [0.2, 0.25) is 0 Å². The van der Waals surface area contributed by atoms with Gasteiger partial charge in [-0.3, -0.25) is 4.98 Å². The van der Waals surface area contributed by atoms with E-state index in [1.165, 1.54) is 7.11 Å². The summed E-state index contributed by atoms with van der Waals surface area (Å²) in [6.07, 6.45) is 3.42. The van der Waals surface area contributed by atoms with Crippen molar-refractivity contribution in [3.05, 3.63) is 35.8 Å². The topological polar surface area (TPSA) is 64.2 Å². The predicted molar refractivity (Wildman–Crippen MR) is 78.2 cm³/mol. The molecule has 0 aromatic carbocycles. The Morgan fingerprint density at radius 3 is 2.90 bits per heavy atom. The van der Waals surface area contributed by atoms with E-state index in [0.29, 0.717) is 5.69 Å². The molecule has 1 aliphatic rings. The van der Waals surface area contributed by atoms with Gasteiger partial charge in [0.15, 0.2) is 0 Å². The number of aromatic nitrogens is 2. The van der Waals surface area contributed by atoms with Gasteiger partial charge in [-0.05, 0) is 25.0 Å². The number of methoxy groups -OCH3 is 1. The number of esters is 1. The van der Waals surface area contributed by atoms with Gasteiger partial charge in [-0.15, -0.1) is 0 Å². The lowest BCUT2D eigenvalue weighted by Gasteiger charge is -2.38. The number of hydrogen-bond donors (Lipinski definition) is 1. The van der Waals surface area contributed by atoms with Crippen molar-refractivity contribution in [3.8, 4) is 17.0 Å². The molecule has 0 spiro atoms. The van der Waals surface area contributed by atoms with Crippen molar-refractivity contribution in [2.75, 3.05) is 7.11 Å². The number of H-pyrrole nitrogens is 1. The normalized spacial score (nSPS) is 19.7. The van der Waals surface area contributed by atoms with E-state index in [-0.39, 0.29) is 11.9 Å². The molecule has 1 aliphatic heterocycles. The lowest BCUT2D eigenvalue weighted by atomic mass is 9.81. The van der Waals surface area contributed by atoms with Gasteiger partial charge in [-0.1, -0.05) is 13.8 Å². The Morgan fingerprint density at radius 1 is 1.48 bits per heavy atom. The molecule has 2 aromatic heterocycles. The van der Waals surface area contributed by atoms with Gasteiger partial charge in [0, 0.05) is 17.3 Å². The van der Waals surface area contributed by atoms with E-state index >= 15 is 0 Å². The SMILES string of the molecule is COC(=O)c1cc2c([nH]1)-c1ccncc1OC2(C)C(C)C. The van der Waals surface area contributed by atoms with Gasteiger partial charge in [-0.25, -0.2) is 4.79 Å². The molecule has 1 atom stereocenters. The largest absolute Gasteiger partial charge is 0.480 e. The highest BCUT2D eigenvalue weighted by molar-refractivity contribution is 5.90. The molecule has 0 bridgehead atoms.